The van der Waals surface area contributed by atoms with Gasteiger partial charge >= 0.3 is 5.97 Å². The zero-order chi connectivity index (χ0) is 11.6. The number of aryl methyl sites for hydroxylation is 1. The van der Waals surface area contributed by atoms with Gasteiger partial charge in [0.15, 0.2) is 0 Å². The summed E-state index contributed by atoms with van der Waals surface area (Å²) in [6.07, 6.45) is 0. The highest BCUT2D eigenvalue weighted by molar-refractivity contribution is 5.85. The van der Waals surface area contributed by atoms with Crippen molar-refractivity contribution in [2.24, 2.45) is 5.73 Å². The highest BCUT2D eigenvalue weighted by Crippen LogP contribution is 2.29. The zero-order valence-electron chi connectivity index (χ0n) is 8.86. The van der Waals surface area contributed by atoms with Gasteiger partial charge in [-0.1, -0.05) is 6.07 Å². The SMILES string of the molecule is COC(=O)[C@H](N)c1c(F)ccc(C)c1O.Cl. The summed E-state index contributed by atoms with van der Waals surface area (Å²) >= 11 is 0. The van der Waals surface area contributed by atoms with Gasteiger partial charge in [-0.25, -0.2) is 4.39 Å². The van der Waals surface area contributed by atoms with Crippen LogP contribution >= 0.6 is 12.4 Å². The molecular weight excluding hydrogens is 237 g/mol. The summed E-state index contributed by atoms with van der Waals surface area (Å²) in [5.41, 5.74) is 5.66. The molecule has 0 aliphatic rings. The second-order valence-corrected chi connectivity index (χ2v) is 3.13. The lowest BCUT2D eigenvalue weighted by Gasteiger charge is -2.13. The lowest BCUT2D eigenvalue weighted by Crippen LogP contribution is -2.24. The predicted octanol–water partition coefficient (Wildman–Crippen LogP) is 1.43. The Kier molecular flexibility index (Phi) is 5.20. The fourth-order valence-electron chi connectivity index (χ4n) is 1.23. The molecule has 3 N–H and O–H groups in total. The van der Waals surface area contributed by atoms with Gasteiger partial charge in [0.25, 0.3) is 0 Å². The number of halogens is 2. The molecule has 0 aliphatic carbocycles. The van der Waals surface area contributed by atoms with Crippen LogP contribution in [0.5, 0.6) is 5.75 Å². The Hall–Kier alpha value is -1.33. The van der Waals surface area contributed by atoms with Gasteiger partial charge in [-0.15, -0.1) is 12.4 Å². The van der Waals surface area contributed by atoms with Gasteiger partial charge in [0.05, 0.1) is 12.7 Å². The number of phenols is 1. The van der Waals surface area contributed by atoms with Crippen molar-refractivity contribution in [1.29, 1.82) is 0 Å². The molecule has 0 saturated carbocycles. The van der Waals surface area contributed by atoms with E-state index >= 15 is 0 Å². The number of ether oxygens (including phenoxy) is 1. The number of benzene rings is 1. The Balaban J connectivity index is 0.00000225. The van der Waals surface area contributed by atoms with Crippen molar-refractivity contribution in [3.63, 3.8) is 0 Å². The molecule has 0 aromatic heterocycles. The van der Waals surface area contributed by atoms with Crippen molar-refractivity contribution >= 4 is 18.4 Å². The van der Waals surface area contributed by atoms with E-state index in [0.717, 1.165) is 13.2 Å². The van der Waals surface area contributed by atoms with Crippen molar-refractivity contribution in [2.45, 2.75) is 13.0 Å². The number of phenolic OH excluding ortho intramolecular Hbond substituents is 1. The first-order valence-corrected chi connectivity index (χ1v) is 4.30. The van der Waals surface area contributed by atoms with Gasteiger partial charge in [0, 0.05) is 0 Å². The first-order chi connectivity index (χ1) is 6.99. The Bertz CT molecular complexity index is 398. The molecule has 6 heteroatoms. The van der Waals surface area contributed by atoms with Crippen LogP contribution in [0.1, 0.15) is 17.2 Å². The van der Waals surface area contributed by atoms with Crippen LogP contribution < -0.4 is 5.73 Å². The predicted molar refractivity (Wildman–Crippen MR) is 59.0 cm³/mol. The van der Waals surface area contributed by atoms with E-state index in [1.165, 1.54) is 6.07 Å². The lowest BCUT2D eigenvalue weighted by atomic mass is 10.0. The lowest BCUT2D eigenvalue weighted by molar-refractivity contribution is -0.142. The first kappa shape index (κ1) is 14.7. The molecule has 0 bridgehead atoms. The Morgan fingerprint density at radius 1 is 1.56 bits per heavy atom. The minimum absolute atomic E-state index is 0. The molecule has 0 fully saturated rings. The second-order valence-electron chi connectivity index (χ2n) is 3.13. The van der Waals surface area contributed by atoms with Gasteiger partial charge in [-0.3, -0.25) is 4.79 Å². The van der Waals surface area contributed by atoms with Crippen LogP contribution in [0, 0.1) is 12.7 Å². The molecule has 1 aromatic carbocycles. The monoisotopic (exact) mass is 249 g/mol. The van der Waals surface area contributed by atoms with Crippen LogP contribution in [0.4, 0.5) is 4.39 Å². The van der Waals surface area contributed by atoms with Crippen molar-refractivity contribution in [3.8, 4) is 5.75 Å². The molecule has 0 saturated heterocycles. The van der Waals surface area contributed by atoms with Crippen LogP contribution in [-0.4, -0.2) is 18.2 Å². The normalized spacial score (nSPS) is 11.5. The van der Waals surface area contributed by atoms with E-state index in [-0.39, 0.29) is 23.7 Å². The molecule has 0 aliphatic heterocycles. The number of methoxy groups -OCH3 is 1. The molecule has 1 rings (SSSR count). The molecule has 0 amide bonds. The van der Waals surface area contributed by atoms with E-state index in [2.05, 4.69) is 4.74 Å². The standard InChI is InChI=1S/C10H12FNO3.ClH/c1-5-3-4-6(11)7(9(5)13)8(12)10(14)15-2;/h3-4,8,13H,12H2,1-2H3;1H/t8-;/m1./s1. The molecule has 0 spiro atoms. The topological polar surface area (TPSA) is 72.5 Å². The zero-order valence-corrected chi connectivity index (χ0v) is 9.68. The second kappa shape index (κ2) is 5.67. The minimum atomic E-state index is -1.31. The van der Waals surface area contributed by atoms with Crippen molar-refractivity contribution in [2.75, 3.05) is 7.11 Å². The van der Waals surface area contributed by atoms with Crippen molar-refractivity contribution in [1.82, 2.24) is 0 Å². The van der Waals surface area contributed by atoms with Gasteiger partial charge in [-0.2, -0.15) is 0 Å². The number of hydrogen-bond donors (Lipinski definition) is 2. The maximum Gasteiger partial charge on any atom is 0.327 e. The van der Waals surface area contributed by atoms with Gasteiger partial charge in [0.2, 0.25) is 0 Å². The summed E-state index contributed by atoms with van der Waals surface area (Å²) in [4.78, 5) is 11.1. The third kappa shape index (κ3) is 2.62. The maximum atomic E-state index is 13.3. The largest absolute Gasteiger partial charge is 0.507 e. The summed E-state index contributed by atoms with van der Waals surface area (Å²) in [6.45, 7) is 1.59. The molecule has 16 heavy (non-hydrogen) atoms. The smallest absolute Gasteiger partial charge is 0.327 e. The van der Waals surface area contributed by atoms with Gasteiger partial charge in [0.1, 0.15) is 17.6 Å². The molecule has 0 heterocycles. The average molecular weight is 250 g/mol. The number of aromatic hydroxyl groups is 1. The highest BCUT2D eigenvalue weighted by atomic mass is 35.5. The number of carbonyl (C=O) groups excluding carboxylic acids is 1. The van der Waals surface area contributed by atoms with Crippen molar-refractivity contribution < 1.29 is 19.0 Å². The molecule has 1 atom stereocenters. The minimum Gasteiger partial charge on any atom is -0.507 e. The third-order valence-electron chi connectivity index (χ3n) is 2.13. The molecule has 0 unspecified atom stereocenters. The maximum absolute atomic E-state index is 13.3. The number of carbonyl (C=O) groups is 1. The van der Waals surface area contributed by atoms with E-state index in [0.29, 0.717) is 5.56 Å². The summed E-state index contributed by atoms with van der Waals surface area (Å²) in [5, 5.41) is 9.57. The van der Waals surface area contributed by atoms with Gasteiger partial charge < -0.3 is 15.6 Å². The molecule has 1 aromatic rings. The van der Waals surface area contributed by atoms with Crippen LogP contribution in [0.3, 0.4) is 0 Å². The van der Waals surface area contributed by atoms with Gasteiger partial charge in [-0.05, 0) is 18.6 Å². The van der Waals surface area contributed by atoms with Crippen LogP contribution in [-0.2, 0) is 9.53 Å². The quantitative estimate of drug-likeness (QED) is 0.778. The number of hydrogen-bond acceptors (Lipinski definition) is 4. The summed E-state index contributed by atoms with van der Waals surface area (Å²) in [5.74, 6) is -1.83. The summed E-state index contributed by atoms with van der Waals surface area (Å²) in [6, 6.07) is 1.24. The van der Waals surface area contributed by atoms with E-state index in [1.54, 1.807) is 6.92 Å². The Labute approximate surface area is 98.6 Å². The van der Waals surface area contributed by atoms with Crippen molar-refractivity contribution in [3.05, 3.63) is 29.1 Å². The number of rotatable bonds is 2. The number of esters is 1. The fraction of sp³-hybridized carbons (Fsp3) is 0.300. The van der Waals surface area contributed by atoms with E-state index in [4.69, 9.17) is 5.73 Å². The Morgan fingerprint density at radius 3 is 2.62 bits per heavy atom. The molecular formula is C10H13ClFNO3. The molecule has 90 valence electrons. The fourth-order valence-corrected chi connectivity index (χ4v) is 1.23. The number of nitrogens with two attached hydrogens (primary N) is 1. The first-order valence-electron chi connectivity index (χ1n) is 4.30. The third-order valence-corrected chi connectivity index (χ3v) is 2.13. The van der Waals surface area contributed by atoms with Crippen LogP contribution in [0.15, 0.2) is 12.1 Å². The van der Waals surface area contributed by atoms with Crippen LogP contribution in [0.2, 0.25) is 0 Å². The van der Waals surface area contributed by atoms with Crippen LogP contribution in [0.25, 0.3) is 0 Å². The summed E-state index contributed by atoms with van der Waals surface area (Å²) < 4.78 is 17.7. The average Bonchev–Trinajstić information content (AvgIpc) is 2.22. The van der Waals surface area contributed by atoms with E-state index in [9.17, 15) is 14.3 Å². The molecule has 4 nitrogen and oxygen atoms in total. The van der Waals surface area contributed by atoms with E-state index in [1.807, 2.05) is 0 Å². The highest BCUT2D eigenvalue weighted by Gasteiger charge is 2.24. The Morgan fingerprint density at radius 2 is 2.12 bits per heavy atom. The van der Waals surface area contributed by atoms with E-state index < -0.39 is 17.8 Å². The molecule has 0 radical (unpaired) electrons. The summed E-state index contributed by atoms with van der Waals surface area (Å²) in [7, 11) is 1.15.